The number of rotatable bonds is 5. The SMILES string of the molecule is C=CC(=O)N1CCC2(CC1)C(=O)Nc1c(C=O)c(-c3ccc(Oc4ccccc4)cc3)nn12.CN. The summed E-state index contributed by atoms with van der Waals surface area (Å²) in [6.07, 6.45) is 2.82. The summed E-state index contributed by atoms with van der Waals surface area (Å²) < 4.78 is 7.48. The van der Waals surface area contributed by atoms with Crippen LogP contribution in [0.1, 0.15) is 23.2 Å². The number of aromatic nitrogens is 2. The summed E-state index contributed by atoms with van der Waals surface area (Å²) in [7, 11) is 1.50. The van der Waals surface area contributed by atoms with Crippen LogP contribution in [0.5, 0.6) is 11.5 Å². The molecule has 2 aliphatic rings. The van der Waals surface area contributed by atoms with Crippen molar-refractivity contribution < 1.29 is 19.1 Å². The monoisotopic (exact) mass is 473 g/mol. The molecule has 1 saturated heterocycles. The number of anilines is 1. The maximum Gasteiger partial charge on any atom is 0.253 e. The molecule has 0 aliphatic carbocycles. The highest BCUT2D eigenvalue weighted by atomic mass is 16.5. The van der Waals surface area contributed by atoms with Crippen LogP contribution < -0.4 is 15.8 Å². The first kappa shape index (κ1) is 23.9. The van der Waals surface area contributed by atoms with Gasteiger partial charge in [-0.1, -0.05) is 24.8 Å². The van der Waals surface area contributed by atoms with Crippen LogP contribution in [0.4, 0.5) is 5.82 Å². The molecule has 0 radical (unpaired) electrons. The Morgan fingerprint density at radius 2 is 1.71 bits per heavy atom. The van der Waals surface area contributed by atoms with Crippen molar-refractivity contribution in [2.45, 2.75) is 18.4 Å². The molecule has 2 aliphatic heterocycles. The molecular weight excluding hydrogens is 446 g/mol. The van der Waals surface area contributed by atoms with E-state index in [0.29, 0.717) is 48.8 Å². The van der Waals surface area contributed by atoms with E-state index in [2.05, 4.69) is 17.6 Å². The zero-order chi connectivity index (χ0) is 25.0. The van der Waals surface area contributed by atoms with E-state index in [-0.39, 0.29) is 11.8 Å². The molecule has 0 bridgehead atoms. The van der Waals surface area contributed by atoms with Crippen LogP contribution in [-0.2, 0) is 15.1 Å². The number of hydrogen-bond acceptors (Lipinski definition) is 6. The first-order valence-electron chi connectivity index (χ1n) is 11.3. The summed E-state index contributed by atoms with van der Waals surface area (Å²) in [4.78, 5) is 38.5. The van der Waals surface area contributed by atoms with Crippen molar-refractivity contribution in [3.05, 3.63) is 72.8 Å². The Morgan fingerprint density at radius 1 is 1.09 bits per heavy atom. The second kappa shape index (κ2) is 9.94. The fraction of sp³-hybridized carbons (Fsp3) is 0.231. The van der Waals surface area contributed by atoms with Crippen molar-refractivity contribution in [1.82, 2.24) is 14.7 Å². The molecular formula is C26H27N5O4. The Kier molecular flexibility index (Phi) is 6.79. The van der Waals surface area contributed by atoms with Crippen molar-refractivity contribution in [2.75, 3.05) is 25.5 Å². The zero-order valence-electron chi connectivity index (χ0n) is 19.4. The Labute approximate surface area is 203 Å². The smallest absolute Gasteiger partial charge is 0.253 e. The van der Waals surface area contributed by atoms with Gasteiger partial charge in [0.25, 0.3) is 5.91 Å². The van der Waals surface area contributed by atoms with Crippen molar-refractivity contribution in [3.8, 4) is 22.8 Å². The van der Waals surface area contributed by atoms with Gasteiger partial charge in [0.2, 0.25) is 5.91 Å². The van der Waals surface area contributed by atoms with Gasteiger partial charge in [0.1, 0.15) is 28.5 Å². The summed E-state index contributed by atoms with van der Waals surface area (Å²) in [6, 6.07) is 16.8. The fourth-order valence-corrected chi connectivity index (χ4v) is 4.48. The summed E-state index contributed by atoms with van der Waals surface area (Å²) >= 11 is 0. The third kappa shape index (κ3) is 4.22. The molecule has 0 saturated carbocycles. The first-order chi connectivity index (χ1) is 17.1. The Balaban J connectivity index is 0.00000141. The largest absolute Gasteiger partial charge is 0.457 e. The number of likely N-dealkylation sites (tertiary alicyclic amines) is 1. The van der Waals surface area contributed by atoms with Crippen molar-refractivity contribution in [3.63, 3.8) is 0 Å². The molecule has 35 heavy (non-hydrogen) atoms. The van der Waals surface area contributed by atoms with Gasteiger partial charge in [-0.15, -0.1) is 0 Å². The third-order valence-corrected chi connectivity index (χ3v) is 6.28. The molecule has 9 nitrogen and oxygen atoms in total. The van der Waals surface area contributed by atoms with E-state index in [1.165, 1.54) is 13.1 Å². The highest BCUT2D eigenvalue weighted by molar-refractivity contribution is 6.06. The predicted molar refractivity (Wildman–Crippen MR) is 132 cm³/mol. The first-order valence-corrected chi connectivity index (χ1v) is 11.3. The van der Waals surface area contributed by atoms with Crippen molar-refractivity contribution in [1.29, 1.82) is 0 Å². The van der Waals surface area contributed by atoms with E-state index < -0.39 is 5.54 Å². The van der Waals surface area contributed by atoms with Gasteiger partial charge in [0.05, 0.1) is 5.56 Å². The second-order valence-electron chi connectivity index (χ2n) is 8.10. The number of hydrogen-bond donors (Lipinski definition) is 2. The van der Waals surface area contributed by atoms with Gasteiger partial charge >= 0.3 is 0 Å². The van der Waals surface area contributed by atoms with Crippen LogP contribution in [-0.4, -0.2) is 52.9 Å². The molecule has 3 aromatic rings. The zero-order valence-corrected chi connectivity index (χ0v) is 19.4. The Bertz CT molecular complexity index is 1240. The van der Waals surface area contributed by atoms with Crippen molar-refractivity contribution >= 4 is 23.9 Å². The molecule has 9 heteroatoms. The third-order valence-electron chi connectivity index (χ3n) is 6.28. The van der Waals surface area contributed by atoms with E-state index in [1.807, 2.05) is 54.6 Å². The quantitative estimate of drug-likeness (QED) is 0.434. The second-order valence-corrected chi connectivity index (χ2v) is 8.10. The normalized spacial score (nSPS) is 15.5. The van der Waals surface area contributed by atoms with Gasteiger partial charge in [0, 0.05) is 18.7 Å². The van der Waals surface area contributed by atoms with Gasteiger partial charge in [0.15, 0.2) is 6.29 Å². The summed E-state index contributed by atoms with van der Waals surface area (Å²) in [5, 5.41) is 7.55. The minimum Gasteiger partial charge on any atom is -0.457 e. The van der Waals surface area contributed by atoms with Gasteiger partial charge in [-0.3, -0.25) is 14.4 Å². The number of nitrogens with one attached hydrogen (secondary N) is 1. The molecule has 1 spiro atoms. The number of para-hydroxylation sites is 1. The van der Waals surface area contributed by atoms with Crippen molar-refractivity contribution in [2.24, 2.45) is 5.73 Å². The summed E-state index contributed by atoms with van der Waals surface area (Å²) in [6.45, 7) is 4.35. The van der Waals surface area contributed by atoms with Crippen LogP contribution in [0.3, 0.4) is 0 Å². The van der Waals surface area contributed by atoms with E-state index in [9.17, 15) is 14.4 Å². The van der Waals surface area contributed by atoms with Crippen LogP contribution in [0.2, 0.25) is 0 Å². The minimum atomic E-state index is -0.917. The van der Waals surface area contributed by atoms with Gasteiger partial charge in [-0.2, -0.15) is 5.10 Å². The maximum absolute atomic E-state index is 12.9. The molecule has 180 valence electrons. The molecule has 1 fully saturated rings. The lowest BCUT2D eigenvalue weighted by atomic mass is 9.87. The summed E-state index contributed by atoms with van der Waals surface area (Å²) in [5.41, 5.74) is 5.15. The van der Waals surface area contributed by atoms with E-state index in [1.54, 1.807) is 9.58 Å². The number of amides is 2. The molecule has 3 N–H and O–H groups in total. The molecule has 1 aromatic heterocycles. The average molecular weight is 474 g/mol. The van der Waals surface area contributed by atoms with E-state index >= 15 is 0 Å². The molecule has 5 rings (SSSR count). The number of piperidine rings is 1. The standard InChI is InChI=1S/C25H22N4O4.CH5N/c1-2-21(31)28-14-12-25(13-15-28)24(32)26-23-20(16-30)22(27-29(23)25)17-8-10-19(11-9-17)33-18-6-4-3-5-7-18;1-2/h2-11,16H,1,12-15H2,(H,26,32);2H2,1H3. The number of benzene rings is 2. The lowest BCUT2D eigenvalue weighted by Crippen LogP contribution is -2.50. The number of carbonyl (C=O) groups is 3. The van der Waals surface area contributed by atoms with E-state index in [4.69, 9.17) is 9.84 Å². The highest BCUT2D eigenvalue weighted by Gasteiger charge is 2.51. The number of carbonyl (C=O) groups excluding carboxylic acids is 3. The molecule has 0 unspecified atom stereocenters. The maximum atomic E-state index is 12.9. The summed E-state index contributed by atoms with van der Waals surface area (Å²) in [5.74, 6) is 1.44. The van der Waals surface area contributed by atoms with Crippen LogP contribution in [0.25, 0.3) is 11.3 Å². The minimum absolute atomic E-state index is 0.156. The lowest BCUT2D eigenvalue weighted by Gasteiger charge is -2.37. The molecule has 2 aromatic carbocycles. The number of aldehydes is 1. The lowest BCUT2D eigenvalue weighted by molar-refractivity contribution is -0.133. The molecule has 2 amide bonds. The van der Waals surface area contributed by atoms with E-state index in [0.717, 1.165) is 17.6 Å². The number of nitrogens with two attached hydrogens (primary N) is 1. The highest BCUT2D eigenvalue weighted by Crippen LogP contribution is 2.42. The van der Waals surface area contributed by atoms with Crippen LogP contribution in [0.15, 0.2) is 67.3 Å². The van der Waals surface area contributed by atoms with Gasteiger partial charge < -0.3 is 20.7 Å². The Hall–Kier alpha value is -4.24. The molecule has 0 atom stereocenters. The fourth-order valence-electron chi connectivity index (χ4n) is 4.48. The topological polar surface area (TPSA) is 120 Å². The average Bonchev–Trinajstić information content (AvgIpc) is 3.40. The number of nitrogens with zero attached hydrogens (tertiary/aromatic N) is 3. The Morgan fingerprint density at radius 3 is 2.31 bits per heavy atom. The number of fused-ring (bicyclic) bond motifs is 2. The van der Waals surface area contributed by atoms with Crippen LogP contribution >= 0.6 is 0 Å². The predicted octanol–water partition coefficient (Wildman–Crippen LogP) is 3.19. The van der Waals surface area contributed by atoms with Gasteiger partial charge in [-0.05, 0) is 62.4 Å². The van der Waals surface area contributed by atoms with Crippen LogP contribution in [0, 0.1) is 0 Å². The molecule has 3 heterocycles. The number of ether oxygens (including phenoxy) is 1. The van der Waals surface area contributed by atoms with Gasteiger partial charge in [-0.25, -0.2) is 4.68 Å².